The Kier molecular flexibility index (Phi) is 58.1. The highest BCUT2D eigenvalue weighted by atomic mass is 16.7. The van der Waals surface area contributed by atoms with Gasteiger partial charge in [0.15, 0.2) is 12.4 Å². The van der Waals surface area contributed by atoms with Crippen molar-refractivity contribution in [2.45, 2.75) is 269 Å². The smallest absolute Gasteiger partial charge is 0.251 e. The fourth-order valence-electron chi connectivity index (χ4n) is 9.57. The van der Waals surface area contributed by atoms with Gasteiger partial charge in [0.05, 0.1) is 39.6 Å². The van der Waals surface area contributed by atoms with E-state index in [4.69, 9.17) is 23.7 Å². The zero-order chi connectivity index (χ0) is 64.4. The molecule has 0 bridgehead atoms. The molecular formula is C65H125N5O17. The summed E-state index contributed by atoms with van der Waals surface area (Å²) in [7, 11) is 0. The molecule has 12 N–H and O–H groups in total. The Bertz CT molecular complexity index is 1610. The number of carbonyl (C=O) groups is 4. The van der Waals surface area contributed by atoms with Gasteiger partial charge in [0.2, 0.25) is 17.7 Å². The summed E-state index contributed by atoms with van der Waals surface area (Å²) in [4.78, 5) is 51.6. The Morgan fingerprint density at radius 3 is 1.33 bits per heavy atom. The largest absolute Gasteiger partial charge is 0.394 e. The SMILES string of the molecule is CCCCCCCC/C=C\CCCCCCCC(=O)NCCN(CCNC(=O)CCCCCCC/C=C\CCCCCCCC)CCNC(=O)CCOCCOCC.CCOCCNC(=O)C(O)C(O)C(O[C@@H]1OC(CO)[C@@H](O)C(O)[C@H]1O)C(O)CO. The summed E-state index contributed by atoms with van der Waals surface area (Å²) in [5.41, 5.74) is 0. The Balaban J connectivity index is 0.00000212. The summed E-state index contributed by atoms with van der Waals surface area (Å²) in [6, 6.07) is 0. The van der Waals surface area contributed by atoms with Gasteiger partial charge in [-0.2, -0.15) is 0 Å². The van der Waals surface area contributed by atoms with Gasteiger partial charge in [0.25, 0.3) is 5.91 Å². The number of carbonyl (C=O) groups excluding carboxylic acids is 4. The normalized spacial score (nSPS) is 18.3. The van der Waals surface area contributed by atoms with Gasteiger partial charge >= 0.3 is 0 Å². The topological polar surface area (TPSA) is 328 Å². The van der Waals surface area contributed by atoms with Gasteiger partial charge < -0.3 is 85.8 Å². The van der Waals surface area contributed by atoms with Crippen LogP contribution in [0.25, 0.3) is 0 Å². The van der Waals surface area contributed by atoms with E-state index >= 15 is 0 Å². The third-order valence-corrected chi connectivity index (χ3v) is 15.0. The summed E-state index contributed by atoms with van der Waals surface area (Å²) in [5, 5.41) is 89.6. The molecule has 87 heavy (non-hydrogen) atoms. The minimum atomic E-state index is -2.09. The molecule has 0 aliphatic carbocycles. The number of hydrogen-bond acceptors (Lipinski definition) is 18. The number of nitrogens with zero attached hydrogens (tertiary/aromatic N) is 1. The monoisotopic (exact) mass is 1250 g/mol. The molecule has 0 aromatic heterocycles. The molecule has 1 aliphatic heterocycles. The van der Waals surface area contributed by atoms with Crippen LogP contribution >= 0.6 is 0 Å². The molecule has 0 radical (unpaired) electrons. The number of allylic oxidation sites excluding steroid dienone is 4. The molecule has 22 heteroatoms. The van der Waals surface area contributed by atoms with E-state index < -0.39 is 74.2 Å². The van der Waals surface area contributed by atoms with Gasteiger partial charge in [-0.25, -0.2) is 0 Å². The van der Waals surface area contributed by atoms with E-state index in [2.05, 4.69) is 64.3 Å². The Morgan fingerprint density at radius 2 is 0.897 bits per heavy atom. The molecular weight excluding hydrogens is 1120 g/mol. The van der Waals surface area contributed by atoms with E-state index in [0.717, 1.165) is 25.7 Å². The second-order valence-electron chi connectivity index (χ2n) is 22.6. The lowest BCUT2D eigenvalue weighted by molar-refractivity contribution is -0.326. The summed E-state index contributed by atoms with van der Waals surface area (Å²) < 4.78 is 26.1. The summed E-state index contributed by atoms with van der Waals surface area (Å²) in [5.74, 6) is -0.852. The van der Waals surface area contributed by atoms with Crippen molar-refractivity contribution in [3.05, 3.63) is 24.3 Å². The fraction of sp³-hybridized carbons (Fsp3) is 0.877. The number of ether oxygens (including phenoxy) is 5. The van der Waals surface area contributed by atoms with Crippen molar-refractivity contribution in [1.82, 2.24) is 26.2 Å². The molecule has 0 spiro atoms. The average Bonchev–Trinajstić information content (AvgIpc) is 3.72. The van der Waals surface area contributed by atoms with E-state index in [-0.39, 0.29) is 30.9 Å². The Morgan fingerprint density at radius 1 is 0.483 bits per heavy atom. The highest BCUT2D eigenvalue weighted by molar-refractivity contribution is 5.81. The van der Waals surface area contributed by atoms with E-state index in [1.54, 1.807) is 6.92 Å². The molecule has 0 saturated carbocycles. The van der Waals surface area contributed by atoms with E-state index in [1.165, 1.54) is 141 Å². The van der Waals surface area contributed by atoms with Crippen molar-refractivity contribution < 1.29 is 83.7 Å². The van der Waals surface area contributed by atoms with Gasteiger partial charge in [-0.3, -0.25) is 24.1 Å². The van der Waals surface area contributed by atoms with E-state index in [1.807, 2.05) is 6.92 Å². The highest BCUT2D eigenvalue weighted by Crippen LogP contribution is 2.25. The first-order chi connectivity index (χ1) is 42.2. The molecule has 1 saturated heterocycles. The molecule has 4 amide bonds. The number of amides is 4. The quantitative estimate of drug-likeness (QED) is 0.0262. The van der Waals surface area contributed by atoms with Crippen LogP contribution in [0.1, 0.15) is 214 Å². The van der Waals surface area contributed by atoms with Gasteiger partial charge in [-0.15, -0.1) is 0 Å². The molecule has 1 heterocycles. The minimum Gasteiger partial charge on any atom is -0.394 e. The van der Waals surface area contributed by atoms with Gasteiger partial charge in [-0.05, 0) is 78.1 Å². The number of unbranched alkanes of at least 4 members (excludes halogenated alkanes) is 22. The van der Waals surface area contributed by atoms with Crippen LogP contribution in [0.5, 0.6) is 0 Å². The van der Waals surface area contributed by atoms with Crippen LogP contribution in [0.3, 0.4) is 0 Å². The van der Waals surface area contributed by atoms with Crippen LogP contribution in [-0.2, 0) is 42.9 Å². The van der Waals surface area contributed by atoms with Crippen LogP contribution in [0.4, 0.5) is 0 Å². The third kappa shape index (κ3) is 47.4. The van der Waals surface area contributed by atoms with Crippen molar-refractivity contribution in [1.29, 1.82) is 0 Å². The minimum absolute atomic E-state index is 0.0389. The molecule has 9 atom stereocenters. The zero-order valence-corrected chi connectivity index (χ0v) is 54.3. The average molecular weight is 1250 g/mol. The molecule has 1 fully saturated rings. The first-order valence-electron chi connectivity index (χ1n) is 33.7. The van der Waals surface area contributed by atoms with Gasteiger partial charge in [0.1, 0.15) is 42.7 Å². The lowest BCUT2D eigenvalue weighted by Gasteiger charge is -2.42. The number of nitrogens with one attached hydrogen (secondary N) is 4. The highest BCUT2D eigenvalue weighted by Gasteiger charge is 2.47. The van der Waals surface area contributed by atoms with Crippen LogP contribution in [0.15, 0.2) is 24.3 Å². The zero-order valence-electron chi connectivity index (χ0n) is 54.3. The predicted molar refractivity (Wildman–Crippen MR) is 340 cm³/mol. The van der Waals surface area contributed by atoms with Crippen molar-refractivity contribution in [3.63, 3.8) is 0 Å². The van der Waals surface area contributed by atoms with Crippen molar-refractivity contribution >= 4 is 23.6 Å². The second-order valence-corrected chi connectivity index (χ2v) is 22.6. The lowest BCUT2D eigenvalue weighted by Crippen LogP contribution is -2.62. The number of rotatable bonds is 58. The number of hydrogen-bond donors (Lipinski definition) is 12. The number of aliphatic hydroxyl groups is 8. The van der Waals surface area contributed by atoms with E-state index in [9.17, 15) is 60.0 Å². The first-order valence-corrected chi connectivity index (χ1v) is 33.7. The molecule has 0 aromatic carbocycles. The summed E-state index contributed by atoms with van der Waals surface area (Å²) in [6.45, 7) is 12.8. The van der Waals surface area contributed by atoms with Crippen molar-refractivity contribution in [2.24, 2.45) is 0 Å². The molecule has 512 valence electrons. The first kappa shape index (κ1) is 83.8. The molecule has 0 aromatic rings. The Hall–Kier alpha value is -3.20. The summed E-state index contributed by atoms with van der Waals surface area (Å²) >= 11 is 0. The molecule has 22 nitrogen and oxygen atoms in total. The molecule has 1 rings (SSSR count). The van der Waals surface area contributed by atoms with Crippen LogP contribution in [-0.4, -0.2) is 223 Å². The maximum Gasteiger partial charge on any atom is 0.251 e. The van der Waals surface area contributed by atoms with Crippen molar-refractivity contribution in [3.8, 4) is 0 Å². The third-order valence-electron chi connectivity index (χ3n) is 15.0. The fourth-order valence-corrected chi connectivity index (χ4v) is 9.57. The maximum atomic E-state index is 12.6. The standard InChI is InChI=1S/C49H94N4O5.C16H31NO12/c1-4-7-9-11-13-15-17-19-21-23-25-27-29-31-33-35-47(54)50-38-41-53(43-40-52-49(56)37-44-58-46-45-57-6-3)42-39-51-48(55)36-34-32-30-28-26-24-22-20-18-16-14-12-10-8-5-2;1-2-27-4-3-17-15(26)12(24)11(23)14(7(20)5-18)29-16-13(25)10(22)9(21)8(6-19)28-16/h19-22H,4-18,23-46H2,1-3H3,(H,50,54)(H,51,55)(H,52,56);7-14,16,18-25H,2-6H2,1H3,(H,17,26)/b21-19-,22-20-;/t;7?,8?,9-,10?,11?,12?,13-,14?,16+/m.1/s1. The second kappa shape index (κ2) is 60.4. The molecule has 1 aliphatic rings. The predicted octanol–water partition coefficient (Wildman–Crippen LogP) is 5.55. The van der Waals surface area contributed by atoms with Crippen LogP contribution in [0, 0.1) is 0 Å². The van der Waals surface area contributed by atoms with Gasteiger partial charge in [-0.1, -0.05) is 141 Å². The van der Waals surface area contributed by atoms with Crippen LogP contribution in [0.2, 0.25) is 0 Å². The number of aliphatic hydroxyl groups excluding tert-OH is 8. The summed E-state index contributed by atoms with van der Waals surface area (Å²) in [6.07, 6.45) is 27.0. The van der Waals surface area contributed by atoms with Crippen molar-refractivity contribution in [2.75, 3.05) is 98.7 Å². The maximum absolute atomic E-state index is 12.6. The Labute approximate surface area is 523 Å². The van der Waals surface area contributed by atoms with E-state index in [0.29, 0.717) is 91.6 Å². The lowest BCUT2D eigenvalue weighted by atomic mass is 9.98. The van der Waals surface area contributed by atoms with Gasteiger partial charge in [0, 0.05) is 78.3 Å². The van der Waals surface area contributed by atoms with Crippen LogP contribution < -0.4 is 21.3 Å². The molecule has 6 unspecified atom stereocenters.